The number of anilines is 1. The van der Waals surface area contributed by atoms with E-state index in [9.17, 15) is 9.59 Å². The minimum atomic E-state index is -0.235. The monoisotopic (exact) mass is 319 g/mol. The van der Waals surface area contributed by atoms with Crippen LogP contribution in [-0.4, -0.2) is 56.6 Å². The molecule has 0 spiro atoms. The quantitative estimate of drug-likeness (QED) is 0.754. The van der Waals surface area contributed by atoms with E-state index in [0.717, 1.165) is 32.7 Å². The maximum Gasteiger partial charge on any atom is 0.319 e. The lowest BCUT2D eigenvalue weighted by molar-refractivity contribution is 0.101. The van der Waals surface area contributed by atoms with E-state index in [1.165, 1.54) is 6.92 Å². The van der Waals surface area contributed by atoms with Gasteiger partial charge in [0.15, 0.2) is 5.78 Å². The highest BCUT2D eigenvalue weighted by molar-refractivity contribution is 5.96. The van der Waals surface area contributed by atoms with Gasteiger partial charge in [-0.15, -0.1) is 0 Å². The number of carbonyl (C=O) groups is 2. The molecule has 2 amide bonds. The van der Waals surface area contributed by atoms with Crippen molar-refractivity contribution in [1.82, 2.24) is 10.2 Å². The lowest BCUT2D eigenvalue weighted by Crippen LogP contribution is -2.34. The molecule has 1 aromatic carbocycles. The zero-order valence-corrected chi connectivity index (χ0v) is 13.8. The van der Waals surface area contributed by atoms with Gasteiger partial charge < -0.3 is 20.3 Å². The number of Topliss-reactive ketones (excluding diaryl/α,β-unsaturated/α-hetero) is 1. The second-order valence-corrected chi connectivity index (χ2v) is 5.92. The summed E-state index contributed by atoms with van der Waals surface area (Å²) in [6, 6.07) is 6.72. The standard InChI is InChI=1S/C17H25N3O3/c1-13(21)15-4-3-5-16(10-15)19-17(22)18-11-14-6-7-20(12-14)8-9-23-2/h3-5,10,14H,6-9,11-12H2,1-2H3,(H2,18,19,22)/t14-/m1/s1. The highest BCUT2D eigenvalue weighted by Gasteiger charge is 2.22. The molecule has 1 aliphatic heterocycles. The van der Waals surface area contributed by atoms with Crippen molar-refractivity contribution in [3.8, 4) is 0 Å². The maximum atomic E-state index is 12.0. The summed E-state index contributed by atoms with van der Waals surface area (Å²) in [5.74, 6) is 0.456. The molecule has 0 radical (unpaired) electrons. The van der Waals surface area contributed by atoms with Crippen LogP contribution in [0.15, 0.2) is 24.3 Å². The van der Waals surface area contributed by atoms with Crippen LogP contribution >= 0.6 is 0 Å². The van der Waals surface area contributed by atoms with E-state index in [4.69, 9.17) is 4.74 Å². The molecule has 1 heterocycles. The molecule has 0 unspecified atom stereocenters. The number of carbonyl (C=O) groups excluding carboxylic acids is 2. The number of benzene rings is 1. The number of urea groups is 1. The summed E-state index contributed by atoms with van der Waals surface area (Å²) in [6.45, 7) is 5.89. The smallest absolute Gasteiger partial charge is 0.319 e. The van der Waals surface area contributed by atoms with Gasteiger partial charge in [-0.3, -0.25) is 4.79 Å². The van der Waals surface area contributed by atoms with Crippen LogP contribution in [0.1, 0.15) is 23.7 Å². The first-order valence-electron chi connectivity index (χ1n) is 7.95. The molecule has 1 atom stereocenters. The Morgan fingerprint density at radius 3 is 2.96 bits per heavy atom. The molecule has 6 nitrogen and oxygen atoms in total. The molecular formula is C17H25N3O3. The van der Waals surface area contributed by atoms with Gasteiger partial charge in [0.1, 0.15) is 0 Å². The highest BCUT2D eigenvalue weighted by Crippen LogP contribution is 2.15. The number of hydrogen-bond donors (Lipinski definition) is 2. The molecule has 0 aromatic heterocycles. The summed E-state index contributed by atoms with van der Waals surface area (Å²) in [4.78, 5) is 25.7. The normalized spacial score (nSPS) is 17.9. The second-order valence-electron chi connectivity index (χ2n) is 5.92. The van der Waals surface area contributed by atoms with Gasteiger partial charge in [0, 0.05) is 38.0 Å². The Balaban J connectivity index is 1.73. The van der Waals surface area contributed by atoms with Gasteiger partial charge in [0.2, 0.25) is 0 Å². The summed E-state index contributed by atoms with van der Waals surface area (Å²) < 4.78 is 5.08. The zero-order valence-electron chi connectivity index (χ0n) is 13.8. The van der Waals surface area contributed by atoms with Gasteiger partial charge in [0.25, 0.3) is 0 Å². The maximum absolute atomic E-state index is 12.0. The van der Waals surface area contributed by atoms with Gasteiger partial charge in [-0.1, -0.05) is 12.1 Å². The molecule has 2 rings (SSSR count). The molecule has 23 heavy (non-hydrogen) atoms. The number of rotatable bonds is 7. The van der Waals surface area contributed by atoms with Crippen molar-refractivity contribution in [2.45, 2.75) is 13.3 Å². The Morgan fingerprint density at radius 2 is 2.22 bits per heavy atom. The summed E-state index contributed by atoms with van der Waals surface area (Å²) >= 11 is 0. The first-order valence-corrected chi connectivity index (χ1v) is 7.95. The molecule has 126 valence electrons. The Bertz CT molecular complexity index is 548. The van der Waals surface area contributed by atoms with Gasteiger partial charge in [-0.25, -0.2) is 4.79 Å². The third-order valence-electron chi connectivity index (χ3n) is 4.06. The SMILES string of the molecule is COCCN1CC[C@H](CNC(=O)Nc2cccc(C(C)=O)c2)C1. The van der Waals surface area contributed by atoms with E-state index in [1.807, 2.05) is 0 Å². The van der Waals surface area contributed by atoms with Gasteiger partial charge in [-0.2, -0.15) is 0 Å². The van der Waals surface area contributed by atoms with E-state index in [1.54, 1.807) is 31.4 Å². The molecule has 1 saturated heterocycles. The fraction of sp³-hybridized carbons (Fsp3) is 0.529. The molecule has 1 fully saturated rings. The number of nitrogens with zero attached hydrogens (tertiary/aromatic N) is 1. The van der Waals surface area contributed by atoms with Crippen LogP contribution in [-0.2, 0) is 4.74 Å². The van der Waals surface area contributed by atoms with Gasteiger partial charge in [-0.05, 0) is 37.9 Å². The van der Waals surface area contributed by atoms with Crippen LogP contribution in [0.2, 0.25) is 0 Å². The van der Waals surface area contributed by atoms with Crippen LogP contribution in [0.5, 0.6) is 0 Å². The zero-order chi connectivity index (χ0) is 16.7. The lowest BCUT2D eigenvalue weighted by Gasteiger charge is -2.15. The largest absolute Gasteiger partial charge is 0.383 e. The van der Waals surface area contributed by atoms with Crippen LogP contribution in [0, 0.1) is 5.92 Å². The second kappa shape index (κ2) is 8.64. The minimum absolute atomic E-state index is 0.0174. The Morgan fingerprint density at radius 1 is 1.39 bits per heavy atom. The molecule has 1 aliphatic rings. The number of methoxy groups -OCH3 is 1. The van der Waals surface area contributed by atoms with Crippen molar-refractivity contribution in [1.29, 1.82) is 0 Å². The molecule has 2 N–H and O–H groups in total. The van der Waals surface area contributed by atoms with E-state index < -0.39 is 0 Å². The van der Waals surface area contributed by atoms with Crippen LogP contribution in [0.4, 0.5) is 10.5 Å². The van der Waals surface area contributed by atoms with Gasteiger partial charge in [0.05, 0.1) is 6.61 Å². The fourth-order valence-electron chi connectivity index (χ4n) is 2.73. The average Bonchev–Trinajstić information content (AvgIpc) is 2.99. The number of likely N-dealkylation sites (tertiary alicyclic amines) is 1. The van der Waals surface area contributed by atoms with Crippen LogP contribution in [0.3, 0.4) is 0 Å². The number of amides is 2. The fourth-order valence-corrected chi connectivity index (χ4v) is 2.73. The van der Waals surface area contributed by atoms with Crippen molar-refractivity contribution in [3.05, 3.63) is 29.8 Å². The lowest BCUT2D eigenvalue weighted by atomic mass is 10.1. The Kier molecular flexibility index (Phi) is 6.55. The Labute approximate surface area is 137 Å². The number of ether oxygens (including phenoxy) is 1. The summed E-state index contributed by atoms with van der Waals surface area (Å²) in [6.07, 6.45) is 1.09. The predicted molar refractivity (Wildman–Crippen MR) is 89.9 cm³/mol. The summed E-state index contributed by atoms with van der Waals surface area (Å²) in [7, 11) is 1.71. The number of nitrogens with one attached hydrogen (secondary N) is 2. The van der Waals surface area contributed by atoms with Crippen molar-refractivity contribution in [2.24, 2.45) is 5.92 Å². The van der Waals surface area contributed by atoms with Crippen molar-refractivity contribution in [2.75, 3.05) is 45.2 Å². The topological polar surface area (TPSA) is 70.7 Å². The van der Waals surface area contributed by atoms with E-state index in [-0.39, 0.29) is 11.8 Å². The first-order chi connectivity index (χ1) is 11.1. The molecule has 0 aliphatic carbocycles. The Hall–Kier alpha value is -1.92. The average molecular weight is 319 g/mol. The third kappa shape index (κ3) is 5.65. The minimum Gasteiger partial charge on any atom is -0.383 e. The number of hydrogen-bond acceptors (Lipinski definition) is 4. The predicted octanol–water partition coefficient (Wildman–Crippen LogP) is 1.98. The van der Waals surface area contributed by atoms with Crippen molar-refractivity contribution >= 4 is 17.5 Å². The molecular weight excluding hydrogens is 294 g/mol. The van der Waals surface area contributed by atoms with Crippen molar-refractivity contribution < 1.29 is 14.3 Å². The van der Waals surface area contributed by atoms with E-state index >= 15 is 0 Å². The third-order valence-corrected chi connectivity index (χ3v) is 4.06. The van der Waals surface area contributed by atoms with Crippen LogP contribution in [0.25, 0.3) is 0 Å². The number of ketones is 1. The molecule has 1 aromatic rings. The summed E-state index contributed by atoms with van der Waals surface area (Å²) in [5.41, 5.74) is 1.22. The van der Waals surface area contributed by atoms with Crippen LogP contribution < -0.4 is 10.6 Å². The van der Waals surface area contributed by atoms with Gasteiger partial charge >= 0.3 is 6.03 Å². The van der Waals surface area contributed by atoms with E-state index in [2.05, 4.69) is 15.5 Å². The first kappa shape index (κ1) is 17.4. The highest BCUT2D eigenvalue weighted by atomic mass is 16.5. The summed E-state index contributed by atoms with van der Waals surface area (Å²) in [5, 5.41) is 5.68. The molecule has 0 bridgehead atoms. The molecule has 0 saturated carbocycles. The van der Waals surface area contributed by atoms with E-state index in [0.29, 0.717) is 23.7 Å². The molecule has 6 heteroatoms. The van der Waals surface area contributed by atoms with Crippen molar-refractivity contribution in [3.63, 3.8) is 0 Å².